The summed E-state index contributed by atoms with van der Waals surface area (Å²) in [4.78, 5) is 18.9. The van der Waals surface area contributed by atoms with E-state index in [-0.39, 0.29) is 24.1 Å². The molecular weight excluding hydrogens is 256 g/mol. The smallest absolute Gasteiger partial charge is 0.349 e. The summed E-state index contributed by atoms with van der Waals surface area (Å²) < 4.78 is 5.36. The summed E-state index contributed by atoms with van der Waals surface area (Å²) >= 11 is 1.51. The van der Waals surface area contributed by atoms with Crippen LogP contribution in [0.5, 0.6) is 5.88 Å². The first-order valence-electron chi connectivity index (χ1n) is 5.05. The molecule has 2 heterocycles. The summed E-state index contributed by atoms with van der Waals surface area (Å²) in [6.07, 6.45) is 1.13. The quantitative estimate of drug-likeness (QED) is 0.658. The number of nitrogens with zero attached hydrogens (tertiary/aromatic N) is 3. The van der Waals surface area contributed by atoms with Gasteiger partial charge in [0.2, 0.25) is 5.95 Å². The molecule has 0 aromatic carbocycles. The third-order valence-corrected chi connectivity index (χ3v) is 2.94. The fourth-order valence-corrected chi connectivity index (χ4v) is 1.86. The van der Waals surface area contributed by atoms with Crippen molar-refractivity contribution in [2.75, 3.05) is 12.4 Å². The van der Waals surface area contributed by atoms with E-state index in [2.05, 4.69) is 15.3 Å². The molecule has 0 saturated carbocycles. The molecule has 0 unspecified atom stereocenters. The van der Waals surface area contributed by atoms with Gasteiger partial charge in [0.05, 0.1) is 4.92 Å². The van der Waals surface area contributed by atoms with E-state index in [1.54, 1.807) is 7.05 Å². The van der Waals surface area contributed by atoms with E-state index in [4.69, 9.17) is 4.74 Å². The van der Waals surface area contributed by atoms with Crippen LogP contribution in [0.3, 0.4) is 0 Å². The van der Waals surface area contributed by atoms with E-state index in [1.165, 1.54) is 11.3 Å². The largest absolute Gasteiger partial charge is 0.467 e. The summed E-state index contributed by atoms with van der Waals surface area (Å²) in [7, 11) is 1.63. The van der Waals surface area contributed by atoms with E-state index in [1.807, 2.05) is 17.5 Å². The lowest BCUT2D eigenvalue weighted by Gasteiger charge is -2.05. The Bertz CT molecular complexity index is 544. The van der Waals surface area contributed by atoms with Gasteiger partial charge in [0.15, 0.2) is 0 Å². The van der Waals surface area contributed by atoms with Gasteiger partial charge in [0, 0.05) is 11.9 Å². The molecule has 2 aromatic heterocycles. The van der Waals surface area contributed by atoms with E-state index in [0.717, 1.165) is 11.1 Å². The Morgan fingerprint density at radius 3 is 3.06 bits per heavy atom. The standard InChI is InChI=1S/C10H10N4O3S/c1-11-10-12-5-8(14(15)16)9(13-10)17-6-7-3-2-4-18-7/h2-5H,6H2,1H3,(H,11,12,13). The van der Waals surface area contributed by atoms with Crippen LogP contribution in [0.1, 0.15) is 4.88 Å². The molecule has 18 heavy (non-hydrogen) atoms. The van der Waals surface area contributed by atoms with Crippen LogP contribution in [-0.2, 0) is 6.61 Å². The highest BCUT2D eigenvalue weighted by molar-refractivity contribution is 7.09. The summed E-state index contributed by atoms with van der Waals surface area (Å²) in [6, 6.07) is 3.77. The molecule has 2 rings (SSSR count). The SMILES string of the molecule is CNc1ncc([N+](=O)[O-])c(OCc2cccs2)n1. The van der Waals surface area contributed by atoms with Crippen LogP contribution in [0.4, 0.5) is 11.6 Å². The Morgan fingerprint density at radius 1 is 1.61 bits per heavy atom. The molecule has 0 aliphatic heterocycles. The normalized spacial score (nSPS) is 10.1. The fraction of sp³-hybridized carbons (Fsp3) is 0.200. The second-order valence-corrected chi connectivity index (χ2v) is 4.29. The van der Waals surface area contributed by atoms with Gasteiger partial charge in [-0.25, -0.2) is 4.98 Å². The summed E-state index contributed by atoms with van der Waals surface area (Å²) in [6.45, 7) is 0.249. The molecule has 1 N–H and O–H groups in total. The highest BCUT2D eigenvalue weighted by Gasteiger charge is 2.18. The number of aromatic nitrogens is 2. The van der Waals surface area contributed by atoms with Crippen molar-refractivity contribution in [2.45, 2.75) is 6.61 Å². The van der Waals surface area contributed by atoms with Crippen molar-refractivity contribution in [3.05, 3.63) is 38.7 Å². The van der Waals surface area contributed by atoms with Crippen LogP contribution in [0.15, 0.2) is 23.7 Å². The predicted octanol–water partition coefficient (Wildman–Crippen LogP) is 2.07. The van der Waals surface area contributed by atoms with E-state index in [9.17, 15) is 10.1 Å². The molecule has 7 nitrogen and oxygen atoms in total. The summed E-state index contributed by atoms with van der Waals surface area (Å²) in [5, 5.41) is 15.4. The van der Waals surface area contributed by atoms with Gasteiger partial charge < -0.3 is 10.1 Å². The lowest BCUT2D eigenvalue weighted by atomic mass is 10.5. The first-order chi connectivity index (χ1) is 8.70. The number of rotatable bonds is 5. The van der Waals surface area contributed by atoms with Crippen LogP contribution in [0, 0.1) is 10.1 Å². The summed E-state index contributed by atoms with van der Waals surface area (Å²) in [5.41, 5.74) is -0.245. The molecule has 0 aliphatic carbocycles. The number of anilines is 1. The van der Waals surface area contributed by atoms with Gasteiger partial charge >= 0.3 is 5.69 Å². The lowest BCUT2D eigenvalue weighted by molar-refractivity contribution is -0.386. The second kappa shape index (κ2) is 5.41. The van der Waals surface area contributed by atoms with Crippen LogP contribution in [0.25, 0.3) is 0 Å². The second-order valence-electron chi connectivity index (χ2n) is 3.26. The number of nitrogens with one attached hydrogen (secondary N) is 1. The Kier molecular flexibility index (Phi) is 3.68. The molecule has 0 aliphatic rings. The average molecular weight is 266 g/mol. The van der Waals surface area contributed by atoms with Crippen LogP contribution in [0.2, 0.25) is 0 Å². The summed E-state index contributed by atoms with van der Waals surface area (Å²) in [5.74, 6) is 0.245. The van der Waals surface area contributed by atoms with Gasteiger partial charge in [-0.1, -0.05) is 6.07 Å². The monoisotopic (exact) mass is 266 g/mol. The van der Waals surface area contributed by atoms with Gasteiger partial charge in [0.25, 0.3) is 5.88 Å². The number of ether oxygens (including phenoxy) is 1. The molecular formula is C10H10N4O3S. The number of nitro groups is 1. The molecule has 0 radical (unpaired) electrons. The number of thiophene rings is 1. The molecule has 8 heteroatoms. The van der Waals surface area contributed by atoms with Crippen molar-refractivity contribution in [3.63, 3.8) is 0 Å². The van der Waals surface area contributed by atoms with Crippen LogP contribution in [-0.4, -0.2) is 21.9 Å². The molecule has 2 aromatic rings. The first-order valence-corrected chi connectivity index (χ1v) is 5.93. The fourth-order valence-electron chi connectivity index (χ4n) is 1.25. The van der Waals surface area contributed by atoms with Crippen molar-refractivity contribution >= 4 is 23.0 Å². The Hall–Kier alpha value is -2.22. The van der Waals surface area contributed by atoms with E-state index >= 15 is 0 Å². The van der Waals surface area contributed by atoms with E-state index < -0.39 is 4.92 Å². The number of hydrogen-bond acceptors (Lipinski definition) is 7. The molecule has 0 fully saturated rings. The zero-order valence-electron chi connectivity index (χ0n) is 9.49. The van der Waals surface area contributed by atoms with Crippen molar-refractivity contribution in [1.29, 1.82) is 0 Å². The third-order valence-electron chi connectivity index (χ3n) is 2.09. The zero-order chi connectivity index (χ0) is 13.0. The average Bonchev–Trinajstić information content (AvgIpc) is 2.88. The Balaban J connectivity index is 2.20. The van der Waals surface area contributed by atoms with Gasteiger partial charge in [-0.3, -0.25) is 10.1 Å². The van der Waals surface area contributed by atoms with Crippen LogP contribution < -0.4 is 10.1 Å². The molecule has 0 saturated heterocycles. The molecule has 0 amide bonds. The molecule has 0 bridgehead atoms. The van der Waals surface area contributed by atoms with Crippen molar-refractivity contribution in [1.82, 2.24) is 9.97 Å². The van der Waals surface area contributed by atoms with Crippen molar-refractivity contribution in [2.24, 2.45) is 0 Å². The highest BCUT2D eigenvalue weighted by atomic mass is 32.1. The maximum atomic E-state index is 10.8. The van der Waals surface area contributed by atoms with Crippen LogP contribution >= 0.6 is 11.3 Å². The van der Waals surface area contributed by atoms with Crippen molar-refractivity contribution in [3.8, 4) is 5.88 Å². The molecule has 94 valence electrons. The molecule has 0 atom stereocenters. The Morgan fingerprint density at radius 2 is 2.44 bits per heavy atom. The third kappa shape index (κ3) is 2.72. The minimum Gasteiger partial charge on any atom is -0.467 e. The first kappa shape index (κ1) is 12.2. The minimum absolute atomic E-state index is 0.0345. The maximum Gasteiger partial charge on any atom is 0.349 e. The van der Waals surface area contributed by atoms with Gasteiger partial charge in [-0.05, 0) is 11.4 Å². The van der Waals surface area contributed by atoms with Gasteiger partial charge in [-0.2, -0.15) is 4.98 Å². The maximum absolute atomic E-state index is 10.8. The topological polar surface area (TPSA) is 90.2 Å². The zero-order valence-corrected chi connectivity index (χ0v) is 10.3. The van der Waals surface area contributed by atoms with Gasteiger partial charge in [-0.15, -0.1) is 11.3 Å². The highest BCUT2D eigenvalue weighted by Crippen LogP contribution is 2.25. The van der Waals surface area contributed by atoms with Crippen molar-refractivity contribution < 1.29 is 9.66 Å². The number of hydrogen-bond donors (Lipinski definition) is 1. The molecule has 0 spiro atoms. The van der Waals surface area contributed by atoms with Gasteiger partial charge in [0.1, 0.15) is 12.8 Å². The lowest BCUT2D eigenvalue weighted by Crippen LogP contribution is -2.04. The minimum atomic E-state index is -0.566. The Labute approximate surface area is 107 Å². The van der Waals surface area contributed by atoms with E-state index in [0.29, 0.717) is 0 Å². The predicted molar refractivity (Wildman–Crippen MR) is 66.9 cm³/mol.